The van der Waals surface area contributed by atoms with Gasteiger partial charge in [0.2, 0.25) is 5.91 Å². The second kappa shape index (κ2) is 11.8. The van der Waals surface area contributed by atoms with Gasteiger partial charge in [-0.05, 0) is 64.3 Å². The second-order valence-electron chi connectivity index (χ2n) is 8.79. The van der Waals surface area contributed by atoms with E-state index in [0.29, 0.717) is 37.6 Å². The Morgan fingerprint density at radius 3 is 2.52 bits per heavy atom. The number of hydrogen-bond acceptors (Lipinski definition) is 6. The number of hydrogen-bond donors (Lipinski definition) is 2. The number of benzene rings is 1. The number of alkyl carbamates (subject to hydrolysis) is 1. The van der Waals surface area contributed by atoms with Gasteiger partial charge in [-0.2, -0.15) is 0 Å². The van der Waals surface area contributed by atoms with Gasteiger partial charge in [0.1, 0.15) is 5.60 Å². The van der Waals surface area contributed by atoms with Crippen LogP contribution in [0.4, 0.5) is 4.79 Å². The van der Waals surface area contributed by atoms with Gasteiger partial charge in [-0.25, -0.2) is 4.79 Å². The Bertz CT molecular complexity index is 732. The third-order valence-electron chi connectivity index (χ3n) is 5.16. The van der Waals surface area contributed by atoms with Crippen molar-refractivity contribution in [3.63, 3.8) is 0 Å². The fraction of sp³-hybridized carbons (Fsp3) is 0.652. The highest BCUT2D eigenvalue weighted by atomic mass is 16.6. The molecule has 0 bridgehead atoms. The quantitative estimate of drug-likeness (QED) is 0.620. The zero-order chi connectivity index (χ0) is 22.9. The zero-order valence-electron chi connectivity index (χ0n) is 19.5. The molecule has 1 atom stereocenters. The maximum atomic E-state index is 12.5. The van der Waals surface area contributed by atoms with Crippen LogP contribution in [-0.2, 0) is 16.0 Å². The smallest absolute Gasteiger partial charge is 0.407 e. The van der Waals surface area contributed by atoms with Crippen molar-refractivity contribution in [2.75, 3.05) is 40.4 Å². The Balaban J connectivity index is 1.78. The molecule has 0 aromatic heterocycles. The highest BCUT2D eigenvalue weighted by Gasteiger charge is 2.25. The van der Waals surface area contributed by atoms with Crippen LogP contribution in [0.15, 0.2) is 18.2 Å². The molecule has 174 valence electrons. The van der Waals surface area contributed by atoms with Crippen molar-refractivity contribution in [2.24, 2.45) is 0 Å². The van der Waals surface area contributed by atoms with E-state index in [1.165, 1.54) is 0 Å². The van der Waals surface area contributed by atoms with Gasteiger partial charge >= 0.3 is 6.09 Å². The first-order valence-corrected chi connectivity index (χ1v) is 10.9. The summed E-state index contributed by atoms with van der Waals surface area (Å²) < 4.78 is 15.9. The van der Waals surface area contributed by atoms with Gasteiger partial charge in [0.25, 0.3) is 0 Å². The van der Waals surface area contributed by atoms with Crippen LogP contribution in [0, 0.1) is 0 Å². The summed E-state index contributed by atoms with van der Waals surface area (Å²) in [5, 5.41) is 5.84. The summed E-state index contributed by atoms with van der Waals surface area (Å²) in [6.45, 7) is 7.72. The lowest BCUT2D eigenvalue weighted by Gasteiger charge is -2.35. The van der Waals surface area contributed by atoms with Crippen molar-refractivity contribution in [1.29, 1.82) is 0 Å². The van der Waals surface area contributed by atoms with Gasteiger partial charge in [-0.3, -0.25) is 9.69 Å². The Morgan fingerprint density at radius 2 is 1.84 bits per heavy atom. The summed E-state index contributed by atoms with van der Waals surface area (Å²) in [5.74, 6) is 1.36. The lowest BCUT2D eigenvalue weighted by atomic mass is 10.0. The van der Waals surface area contributed by atoms with Crippen molar-refractivity contribution < 1.29 is 23.8 Å². The molecule has 1 unspecified atom stereocenters. The Hall–Kier alpha value is -2.48. The first kappa shape index (κ1) is 24.8. The van der Waals surface area contributed by atoms with Crippen molar-refractivity contribution in [3.8, 4) is 11.5 Å². The van der Waals surface area contributed by atoms with Crippen LogP contribution in [0.1, 0.15) is 45.6 Å². The van der Waals surface area contributed by atoms with Crippen LogP contribution in [0.3, 0.4) is 0 Å². The summed E-state index contributed by atoms with van der Waals surface area (Å²) in [6.07, 6.45) is 3.39. The van der Waals surface area contributed by atoms with Crippen LogP contribution < -0.4 is 20.1 Å². The lowest BCUT2D eigenvalue weighted by Crippen LogP contribution is -2.50. The normalized spacial score (nSPS) is 17.0. The summed E-state index contributed by atoms with van der Waals surface area (Å²) in [4.78, 5) is 26.6. The summed E-state index contributed by atoms with van der Waals surface area (Å²) >= 11 is 0. The number of likely N-dealkylation sites (tertiary alicyclic amines) is 1. The average molecular weight is 436 g/mol. The minimum Gasteiger partial charge on any atom is -0.493 e. The minimum atomic E-state index is -0.524. The van der Waals surface area contributed by atoms with Crippen molar-refractivity contribution in [3.05, 3.63) is 23.8 Å². The lowest BCUT2D eigenvalue weighted by molar-refractivity contribution is -0.123. The molecule has 1 aliphatic heterocycles. The molecule has 0 radical (unpaired) electrons. The average Bonchev–Trinajstić information content (AvgIpc) is 2.71. The monoisotopic (exact) mass is 435 g/mol. The fourth-order valence-corrected chi connectivity index (χ4v) is 3.64. The second-order valence-corrected chi connectivity index (χ2v) is 8.79. The van der Waals surface area contributed by atoms with Gasteiger partial charge in [0.15, 0.2) is 11.5 Å². The first-order valence-electron chi connectivity index (χ1n) is 10.9. The molecular weight excluding hydrogens is 398 g/mol. The standard InChI is InChI=1S/C23H37N3O5/c1-23(2,3)31-22(28)25-15-18-8-6-7-13-26(18)16-21(27)24-12-11-17-9-10-19(29-4)20(14-17)30-5/h9-10,14,18H,6-8,11-13,15-16H2,1-5H3,(H,24,27)(H,25,28). The Kier molecular flexibility index (Phi) is 9.43. The SMILES string of the molecule is COc1ccc(CCNC(=O)CN2CCCCC2CNC(=O)OC(C)(C)C)cc1OC. The molecule has 1 saturated heterocycles. The number of nitrogens with zero attached hydrogens (tertiary/aromatic N) is 1. The van der Waals surface area contributed by atoms with E-state index >= 15 is 0 Å². The van der Waals surface area contributed by atoms with Crippen LogP contribution in [0.5, 0.6) is 11.5 Å². The van der Waals surface area contributed by atoms with Crippen LogP contribution in [0.25, 0.3) is 0 Å². The number of nitrogens with one attached hydrogen (secondary N) is 2. The predicted octanol–water partition coefficient (Wildman–Crippen LogP) is 2.74. The van der Waals surface area contributed by atoms with Gasteiger partial charge < -0.3 is 24.8 Å². The van der Waals surface area contributed by atoms with Crippen molar-refractivity contribution in [1.82, 2.24) is 15.5 Å². The molecule has 1 aliphatic rings. The molecule has 2 amide bonds. The molecule has 1 aromatic carbocycles. The van der Waals surface area contributed by atoms with Gasteiger partial charge in [-0.1, -0.05) is 12.5 Å². The van der Waals surface area contributed by atoms with Gasteiger partial charge in [0, 0.05) is 19.1 Å². The molecule has 1 heterocycles. The van der Waals surface area contributed by atoms with E-state index in [1.807, 2.05) is 39.0 Å². The molecule has 1 aromatic rings. The number of amides is 2. The van der Waals surface area contributed by atoms with E-state index in [9.17, 15) is 9.59 Å². The molecule has 0 aliphatic carbocycles. The molecular formula is C23H37N3O5. The van der Waals surface area contributed by atoms with Crippen LogP contribution in [-0.4, -0.2) is 68.9 Å². The Morgan fingerprint density at radius 1 is 1.10 bits per heavy atom. The predicted molar refractivity (Wildman–Crippen MR) is 120 cm³/mol. The van der Waals surface area contributed by atoms with E-state index in [-0.39, 0.29) is 11.9 Å². The fourth-order valence-electron chi connectivity index (χ4n) is 3.64. The zero-order valence-corrected chi connectivity index (χ0v) is 19.5. The molecule has 31 heavy (non-hydrogen) atoms. The summed E-state index contributed by atoms with van der Waals surface area (Å²) in [5.41, 5.74) is 0.541. The highest BCUT2D eigenvalue weighted by Crippen LogP contribution is 2.27. The van der Waals surface area contributed by atoms with Gasteiger partial charge in [-0.15, -0.1) is 0 Å². The van der Waals surface area contributed by atoms with Crippen molar-refractivity contribution in [2.45, 2.75) is 58.1 Å². The van der Waals surface area contributed by atoms with E-state index < -0.39 is 11.7 Å². The summed E-state index contributed by atoms with van der Waals surface area (Å²) in [7, 11) is 3.21. The highest BCUT2D eigenvalue weighted by molar-refractivity contribution is 5.78. The maximum absolute atomic E-state index is 12.5. The summed E-state index contributed by atoms with van der Waals surface area (Å²) in [6, 6.07) is 5.90. The molecule has 2 N–H and O–H groups in total. The van der Waals surface area contributed by atoms with Crippen LogP contribution in [0.2, 0.25) is 0 Å². The van der Waals surface area contributed by atoms with Crippen LogP contribution >= 0.6 is 0 Å². The number of piperidine rings is 1. The first-order chi connectivity index (χ1) is 14.7. The molecule has 2 rings (SSSR count). The molecule has 0 saturated carbocycles. The largest absolute Gasteiger partial charge is 0.493 e. The number of carbonyl (C=O) groups excluding carboxylic acids is 2. The number of ether oxygens (including phenoxy) is 3. The molecule has 0 spiro atoms. The molecule has 1 fully saturated rings. The maximum Gasteiger partial charge on any atom is 0.407 e. The van der Waals surface area contributed by atoms with E-state index in [2.05, 4.69) is 15.5 Å². The van der Waals surface area contributed by atoms with Crippen molar-refractivity contribution >= 4 is 12.0 Å². The third kappa shape index (κ3) is 8.65. The number of carbonyl (C=O) groups is 2. The number of methoxy groups -OCH3 is 2. The van der Waals surface area contributed by atoms with E-state index in [1.54, 1.807) is 14.2 Å². The van der Waals surface area contributed by atoms with Gasteiger partial charge in [0.05, 0.1) is 20.8 Å². The topological polar surface area (TPSA) is 89.1 Å². The Labute approximate surface area is 185 Å². The molecule has 8 heteroatoms. The number of rotatable bonds is 9. The minimum absolute atomic E-state index is 0.00959. The van der Waals surface area contributed by atoms with E-state index in [0.717, 1.165) is 31.4 Å². The third-order valence-corrected chi connectivity index (χ3v) is 5.16. The molecule has 8 nitrogen and oxygen atoms in total. The van der Waals surface area contributed by atoms with E-state index in [4.69, 9.17) is 14.2 Å².